The first-order valence-electron chi connectivity index (χ1n) is 25.0. The molecule has 1 aromatic carbocycles. The smallest absolute Gasteiger partial charge is 0.200 e. The highest BCUT2D eigenvalue weighted by Crippen LogP contribution is 2.50. The Kier molecular flexibility index (Phi) is 17.0. The average molecular weight is 890 g/mol. The molecule has 3 aliphatic rings. The molecule has 0 fully saturated rings. The third-order valence-electron chi connectivity index (χ3n) is 14.8. The summed E-state index contributed by atoms with van der Waals surface area (Å²) in [6.45, 7) is 52.8. The topological polar surface area (TPSA) is 6.48 Å². The predicted octanol–water partition coefficient (Wildman–Crippen LogP) is 17.0. The minimum Gasteiger partial charge on any atom is -0.357 e. The lowest BCUT2D eigenvalue weighted by atomic mass is 9.63. The molecule has 2 heterocycles. The van der Waals surface area contributed by atoms with Crippen molar-refractivity contribution in [2.24, 2.45) is 35.0 Å². The van der Waals surface area contributed by atoms with Gasteiger partial charge < -0.3 is 9.80 Å². The number of hydrogen-bond donors (Lipinski definition) is 0. The second-order valence-electron chi connectivity index (χ2n) is 22.5. The fraction of sp³-hybridized carbons (Fsp3) is 0.508. The highest BCUT2D eigenvalue weighted by atomic mass is 32.1. The highest BCUT2D eigenvalue weighted by molar-refractivity contribution is 7.28. The van der Waals surface area contributed by atoms with Crippen molar-refractivity contribution in [1.29, 1.82) is 0 Å². The molecule has 5 atom stereocenters. The average Bonchev–Trinajstić information content (AvgIpc) is 3.61. The third-order valence-corrected chi connectivity index (χ3v) is 15.9. The van der Waals surface area contributed by atoms with Gasteiger partial charge in [0, 0.05) is 33.6 Å². The van der Waals surface area contributed by atoms with Crippen LogP contribution in [0.1, 0.15) is 154 Å². The Labute approximate surface area is 403 Å². The highest BCUT2D eigenvalue weighted by Gasteiger charge is 2.39. The molecule has 1 radical (unpaired) electrons. The van der Waals surface area contributed by atoms with Crippen LogP contribution in [-0.2, 0) is 10.8 Å². The lowest BCUT2D eigenvalue weighted by Crippen LogP contribution is -2.45. The first-order valence-corrected chi connectivity index (χ1v) is 25.8. The number of hydrogen-bond acceptors (Lipinski definition) is 3. The van der Waals surface area contributed by atoms with Gasteiger partial charge in [-0.15, -0.1) is 31.1 Å². The van der Waals surface area contributed by atoms with Crippen molar-refractivity contribution in [2.45, 2.75) is 165 Å². The van der Waals surface area contributed by atoms with E-state index in [1.54, 1.807) is 5.57 Å². The van der Waals surface area contributed by atoms with Gasteiger partial charge in [-0.1, -0.05) is 169 Å². The van der Waals surface area contributed by atoms with E-state index in [9.17, 15) is 0 Å². The van der Waals surface area contributed by atoms with Crippen molar-refractivity contribution in [3.05, 3.63) is 156 Å². The third kappa shape index (κ3) is 11.6. The van der Waals surface area contributed by atoms with E-state index in [0.29, 0.717) is 17.8 Å². The molecular formula is C61H86BN2S. The van der Waals surface area contributed by atoms with Gasteiger partial charge >= 0.3 is 0 Å². The van der Waals surface area contributed by atoms with Gasteiger partial charge in [-0.3, -0.25) is 0 Å². The van der Waals surface area contributed by atoms with Crippen molar-refractivity contribution >= 4 is 39.2 Å². The lowest BCUT2D eigenvalue weighted by Gasteiger charge is -2.43. The van der Waals surface area contributed by atoms with Crippen LogP contribution in [0.25, 0.3) is 10.1 Å². The predicted molar refractivity (Wildman–Crippen MR) is 294 cm³/mol. The second kappa shape index (κ2) is 21.3. The van der Waals surface area contributed by atoms with Crippen LogP contribution in [0.4, 0.5) is 5.69 Å². The molecule has 2 aromatic rings. The monoisotopic (exact) mass is 890 g/mol. The number of benzene rings is 1. The van der Waals surface area contributed by atoms with E-state index in [-0.39, 0.29) is 40.2 Å². The zero-order valence-electron chi connectivity index (χ0n) is 43.6. The molecule has 2 aliphatic carbocycles. The lowest BCUT2D eigenvalue weighted by molar-refractivity contribution is 0.332. The van der Waals surface area contributed by atoms with Crippen LogP contribution in [0, 0.1) is 35.0 Å². The summed E-state index contributed by atoms with van der Waals surface area (Å²) in [4.78, 5) is 5.24. The molecule has 0 saturated heterocycles. The van der Waals surface area contributed by atoms with E-state index in [1.807, 2.05) is 11.3 Å². The van der Waals surface area contributed by atoms with Gasteiger partial charge in [0.1, 0.15) is 0 Å². The standard InChI is InChI=1S/C61H86BN2S/c1-20-25-45-31-35-63(55(24-5)50(30-32-59(13,14)15)48(23-4)42(10)21-2)47(27-26-44(12)40(6)7)39-62-58-57(64(45)46-28-29-49(41(8)9)51(36-46)43(11)22-3)52-37-53-54(38-56(52)65-58)61(18,19)34-33-60(53,16)17/h20-21,23-24,26-31,35,37-43,45-46,48H,1-2,4,12,22,25,32-34,36H2,3,5-11,13-19H3/b27-26-,35-31+,47-39-,50-30-,55-24+. The molecule has 5 rings (SSSR count). The van der Waals surface area contributed by atoms with Gasteiger partial charge in [0.2, 0.25) is 7.28 Å². The Hall–Kier alpha value is -4.02. The van der Waals surface area contributed by atoms with Crippen molar-refractivity contribution in [3.8, 4) is 0 Å². The summed E-state index contributed by atoms with van der Waals surface area (Å²) in [5, 5.41) is 1.37. The molecule has 65 heavy (non-hydrogen) atoms. The summed E-state index contributed by atoms with van der Waals surface area (Å²) in [5.74, 6) is 3.95. The molecule has 0 spiro atoms. The van der Waals surface area contributed by atoms with Gasteiger partial charge in [0.25, 0.3) is 0 Å². The Morgan fingerprint density at radius 2 is 1.62 bits per heavy atom. The number of rotatable bonds is 16. The van der Waals surface area contributed by atoms with E-state index < -0.39 is 0 Å². The maximum atomic E-state index is 4.50. The summed E-state index contributed by atoms with van der Waals surface area (Å²) < 4.78 is 2.66. The molecule has 0 saturated carbocycles. The molecule has 2 nitrogen and oxygen atoms in total. The van der Waals surface area contributed by atoms with E-state index in [4.69, 9.17) is 0 Å². The molecule has 349 valence electrons. The first kappa shape index (κ1) is 52.0. The van der Waals surface area contributed by atoms with Gasteiger partial charge in [-0.05, 0) is 137 Å². The first-order chi connectivity index (χ1) is 30.5. The molecule has 0 amide bonds. The van der Waals surface area contributed by atoms with Crippen molar-refractivity contribution in [2.75, 3.05) is 4.90 Å². The Morgan fingerprint density at radius 1 is 0.954 bits per heavy atom. The quantitative estimate of drug-likeness (QED) is 0.0941. The Balaban J connectivity index is 1.90. The van der Waals surface area contributed by atoms with Gasteiger partial charge in [-0.25, -0.2) is 0 Å². The fourth-order valence-corrected chi connectivity index (χ4v) is 11.2. The van der Waals surface area contributed by atoms with Crippen LogP contribution in [0.2, 0.25) is 0 Å². The van der Waals surface area contributed by atoms with Crippen molar-refractivity contribution in [3.63, 3.8) is 0 Å². The fourth-order valence-electron chi connectivity index (χ4n) is 10.1. The summed E-state index contributed by atoms with van der Waals surface area (Å²) in [6, 6.07) is 5.37. The second-order valence-corrected chi connectivity index (χ2v) is 23.6. The molecule has 0 bridgehead atoms. The summed E-state index contributed by atoms with van der Waals surface area (Å²) in [5.41, 5.74) is 12.4. The van der Waals surface area contributed by atoms with Crippen molar-refractivity contribution in [1.82, 2.24) is 4.90 Å². The van der Waals surface area contributed by atoms with Gasteiger partial charge in [-0.2, -0.15) is 0 Å². The van der Waals surface area contributed by atoms with E-state index in [2.05, 4.69) is 232 Å². The summed E-state index contributed by atoms with van der Waals surface area (Å²) in [7, 11) is 2.43. The molecular weight excluding hydrogens is 804 g/mol. The Morgan fingerprint density at radius 3 is 2.17 bits per heavy atom. The summed E-state index contributed by atoms with van der Waals surface area (Å²) in [6.07, 6.45) is 31.7. The maximum Gasteiger partial charge on any atom is 0.200 e. The number of anilines is 1. The largest absolute Gasteiger partial charge is 0.357 e. The van der Waals surface area contributed by atoms with Gasteiger partial charge in [0.05, 0.1) is 17.8 Å². The van der Waals surface area contributed by atoms with Crippen LogP contribution in [-0.4, -0.2) is 24.3 Å². The van der Waals surface area contributed by atoms with E-state index in [1.165, 1.54) is 55.7 Å². The number of fused-ring (bicyclic) bond motifs is 4. The normalized spacial score (nSPS) is 23.1. The van der Waals surface area contributed by atoms with E-state index in [0.717, 1.165) is 42.7 Å². The minimum absolute atomic E-state index is 0.0187. The van der Waals surface area contributed by atoms with Crippen LogP contribution >= 0.6 is 11.3 Å². The molecule has 0 N–H and O–H groups in total. The molecule has 1 aliphatic heterocycles. The van der Waals surface area contributed by atoms with Crippen molar-refractivity contribution < 1.29 is 0 Å². The van der Waals surface area contributed by atoms with Crippen LogP contribution in [0.5, 0.6) is 0 Å². The number of nitrogens with zero attached hydrogens (tertiary/aromatic N) is 2. The maximum absolute atomic E-state index is 4.50. The zero-order valence-corrected chi connectivity index (χ0v) is 44.4. The number of allylic oxidation sites excluding steroid dienone is 10. The molecule has 1 aromatic heterocycles. The molecule has 5 unspecified atom stereocenters. The zero-order chi connectivity index (χ0) is 48.2. The van der Waals surface area contributed by atoms with Crippen LogP contribution in [0.15, 0.2) is 145 Å². The molecule has 4 heteroatoms. The number of thiophene rings is 1. The van der Waals surface area contributed by atoms with Crippen LogP contribution < -0.4 is 9.68 Å². The minimum atomic E-state index is 0.0187. The summed E-state index contributed by atoms with van der Waals surface area (Å²) >= 11 is 1.96. The van der Waals surface area contributed by atoms with Gasteiger partial charge in [0.15, 0.2) is 0 Å². The van der Waals surface area contributed by atoms with E-state index >= 15 is 0 Å². The Bertz CT molecular complexity index is 2300. The van der Waals surface area contributed by atoms with Crippen LogP contribution in [0.3, 0.4) is 0 Å². The SMILES string of the molecule is C=CCC1/C=C/N(C(=C/C)/C(=C\CC(C)(C)C)C(C=C)C(C)C=C)C(/C=C\C(=C)C(C)C)=C\[B]c2sc3cc4c(cc3c2N1C1C=CC(C(C)C)=C(C(C)CC)C1)C(C)(C)CCC4(C)C.